The van der Waals surface area contributed by atoms with Crippen molar-refractivity contribution in [2.24, 2.45) is 0 Å². The third kappa shape index (κ3) is 6.93. The maximum absolute atomic E-state index is 13.3. The molecule has 0 radical (unpaired) electrons. The van der Waals surface area contributed by atoms with Crippen molar-refractivity contribution >= 4 is 28.8 Å². The monoisotopic (exact) mass is 485 g/mol. The van der Waals surface area contributed by atoms with Gasteiger partial charge < -0.3 is 14.5 Å². The zero-order valence-electron chi connectivity index (χ0n) is 18.6. The van der Waals surface area contributed by atoms with Crippen molar-refractivity contribution in [2.75, 3.05) is 26.8 Å². The van der Waals surface area contributed by atoms with E-state index in [1.54, 1.807) is 17.0 Å². The Hall–Kier alpha value is -3.63. The summed E-state index contributed by atoms with van der Waals surface area (Å²) in [6.45, 7) is 0.778. The minimum absolute atomic E-state index is 0.127. The van der Waals surface area contributed by atoms with Gasteiger partial charge in [0.25, 0.3) is 11.6 Å². The standard InChI is InChI=1S/C24H24FN3O5S/c1-33-13-12-26(24(30)19-6-10-21(11-7-19)28(31)32)17-23(29)27(16-22-3-2-14-34-22)15-18-4-8-20(25)9-5-18/h2-11,14H,12-13,15-17H2,1H3. The molecule has 178 valence electrons. The van der Waals surface area contributed by atoms with Gasteiger partial charge in [-0.1, -0.05) is 18.2 Å². The fourth-order valence-corrected chi connectivity index (χ4v) is 3.98. The summed E-state index contributed by atoms with van der Waals surface area (Å²) in [5.41, 5.74) is 0.867. The molecule has 0 saturated carbocycles. The Balaban J connectivity index is 1.79. The number of methoxy groups -OCH3 is 1. The van der Waals surface area contributed by atoms with Crippen molar-refractivity contribution in [1.82, 2.24) is 9.80 Å². The number of nitrogens with zero attached hydrogens (tertiary/aromatic N) is 3. The molecule has 1 heterocycles. The van der Waals surface area contributed by atoms with Crippen LogP contribution in [0.4, 0.5) is 10.1 Å². The number of nitro benzene ring substituents is 1. The van der Waals surface area contributed by atoms with Gasteiger partial charge >= 0.3 is 0 Å². The first-order chi connectivity index (χ1) is 16.4. The molecule has 0 aliphatic rings. The van der Waals surface area contributed by atoms with E-state index >= 15 is 0 Å². The molecule has 0 unspecified atom stereocenters. The Morgan fingerprint density at radius 3 is 2.32 bits per heavy atom. The van der Waals surface area contributed by atoms with Crippen LogP contribution in [0.5, 0.6) is 0 Å². The van der Waals surface area contributed by atoms with Gasteiger partial charge in [0.2, 0.25) is 5.91 Å². The van der Waals surface area contributed by atoms with Crippen LogP contribution in [0.15, 0.2) is 66.0 Å². The van der Waals surface area contributed by atoms with Crippen LogP contribution in [-0.4, -0.2) is 53.3 Å². The highest BCUT2D eigenvalue weighted by Crippen LogP contribution is 2.17. The van der Waals surface area contributed by atoms with E-state index < -0.39 is 10.8 Å². The Labute approximate surface area is 200 Å². The average molecular weight is 486 g/mol. The van der Waals surface area contributed by atoms with Crippen molar-refractivity contribution in [3.05, 3.63) is 98.0 Å². The molecule has 0 fully saturated rings. The molecule has 8 nitrogen and oxygen atoms in total. The van der Waals surface area contributed by atoms with Crippen LogP contribution in [0.2, 0.25) is 0 Å². The number of halogens is 1. The van der Waals surface area contributed by atoms with E-state index in [1.807, 2.05) is 17.5 Å². The molecule has 3 aromatic rings. The Morgan fingerprint density at radius 1 is 1.03 bits per heavy atom. The van der Waals surface area contributed by atoms with Crippen LogP contribution in [0.25, 0.3) is 0 Å². The molecule has 0 aliphatic carbocycles. The van der Waals surface area contributed by atoms with Gasteiger partial charge in [-0.05, 0) is 41.3 Å². The molecule has 0 N–H and O–H groups in total. The summed E-state index contributed by atoms with van der Waals surface area (Å²) in [5.74, 6) is -1.08. The van der Waals surface area contributed by atoms with Crippen molar-refractivity contribution in [1.29, 1.82) is 0 Å². The molecule has 34 heavy (non-hydrogen) atoms. The molecule has 2 amide bonds. The van der Waals surface area contributed by atoms with Crippen molar-refractivity contribution in [3.8, 4) is 0 Å². The minimum Gasteiger partial charge on any atom is -0.383 e. The van der Waals surface area contributed by atoms with Crippen LogP contribution < -0.4 is 0 Å². The lowest BCUT2D eigenvalue weighted by Gasteiger charge is -2.27. The van der Waals surface area contributed by atoms with E-state index in [0.29, 0.717) is 6.54 Å². The summed E-state index contributed by atoms with van der Waals surface area (Å²) in [6, 6.07) is 15.0. The first kappa shape index (κ1) is 25.0. The van der Waals surface area contributed by atoms with Crippen molar-refractivity contribution in [2.45, 2.75) is 13.1 Å². The highest BCUT2D eigenvalue weighted by molar-refractivity contribution is 7.09. The third-order valence-corrected chi connectivity index (χ3v) is 5.93. The van der Waals surface area contributed by atoms with Gasteiger partial charge in [0, 0.05) is 42.8 Å². The van der Waals surface area contributed by atoms with Crippen molar-refractivity contribution in [3.63, 3.8) is 0 Å². The third-order valence-electron chi connectivity index (χ3n) is 5.07. The van der Waals surface area contributed by atoms with Gasteiger partial charge in [0.1, 0.15) is 12.4 Å². The normalized spacial score (nSPS) is 10.6. The zero-order chi connectivity index (χ0) is 24.5. The van der Waals surface area contributed by atoms with Crippen LogP contribution in [0.3, 0.4) is 0 Å². The Morgan fingerprint density at radius 2 is 1.74 bits per heavy atom. The van der Waals surface area contributed by atoms with E-state index in [9.17, 15) is 24.1 Å². The maximum atomic E-state index is 13.3. The molecule has 1 aromatic heterocycles. The molecule has 0 saturated heterocycles. The molecule has 0 atom stereocenters. The summed E-state index contributed by atoms with van der Waals surface area (Å²) < 4.78 is 18.4. The maximum Gasteiger partial charge on any atom is 0.269 e. The second-order valence-electron chi connectivity index (χ2n) is 7.48. The Bertz CT molecular complexity index is 1100. The lowest BCUT2D eigenvalue weighted by molar-refractivity contribution is -0.384. The van der Waals surface area contributed by atoms with Crippen LogP contribution in [-0.2, 0) is 22.6 Å². The highest BCUT2D eigenvalue weighted by Gasteiger charge is 2.23. The number of carbonyl (C=O) groups is 2. The van der Waals surface area contributed by atoms with E-state index in [4.69, 9.17) is 4.74 Å². The van der Waals surface area contributed by atoms with Crippen LogP contribution in [0.1, 0.15) is 20.8 Å². The molecule has 0 bridgehead atoms. The second-order valence-corrected chi connectivity index (χ2v) is 8.51. The summed E-state index contributed by atoms with van der Waals surface area (Å²) in [6.07, 6.45) is 0. The molecule has 10 heteroatoms. The number of hydrogen-bond acceptors (Lipinski definition) is 6. The van der Waals surface area contributed by atoms with Gasteiger partial charge in [-0.3, -0.25) is 19.7 Å². The SMILES string of the molecule is COCCN(CC(=O)N(Cc1ccc(F)cc1)Cc1cccs1)C(=O)c1ccc([N+](=O)[O-])cc1. The first-order valence-electron chi connectivity index (χ1n) is 10.4. The molecule has 3 rings (SSSR count). The summed E-state index contributed by atoms with van der Waals surface area (Å²) in [5, 5.41) is 12.8. The molecular formula is C24H24FN3O5S. The number of nitro groups is 1. The van der Waals surface area contributed by atoms with Gasteiger partial charge in [-0.15, -0.1) is 11.3 Å². The number of hydrogen-bond donors (Lipinski definition) is 0. The fraction of sp³-hybridized carbons (Fsp3) is 0.250. The lowest BCUT2D eigenvalue weighted by atomic mass is 10.1. The number of thiophene rings is 1. The molecule has 0 spiro atoms. The van der Waals surface area contributed by atoms with Gasteiger partial charge in [0.05, 0.1) is 18.1 Å². The molecule has 2 aromatic carbocycles. The van der Waals surface area contributed by atoms with Crippen LogP contribution in [0, 0.1) is 15.9 Å². The molecule has 0 aliphatic heterocycles. The van der Waals surface area contributed by atoms with E-state index in [-0.39, 0.29) is 49.2 Å². The number of non-ortho nitro benzene ring substituents is 1. The average Bonchev–Trinajstić information content (AvgIpc) is 3.35. The predicted molar refractivity (Wildman–Crippen MR) is 126 cm³/mol. The minimum atomic E-state index is -0.543. The van der Waals surface area contributed by atoms with Gasteiger partial charge in [-0.2, -0.15) is 0 Å². The fourth-order valence-electron chi connectivity index (χ4n) is 3.26. The summed E-state index contributed by atoms with van der Waals surface area (Å²) in [7, 11) is 1.49. The van der Waals surface area contributed by atoms with E-state index in [0.717, 1.165) is 10.4 Å². The van der Waals surface area contributed by atoms with Gasteiger partial charge in [-0.25, -0.2) is 4.39 Å². The van der Waals surface area contributed by atoms with Gasteiger partial charge in [0.15, 0.2) is 0 Å². The van der Waals surface area contributed by atoms with Crippen LogP contribution >= 0.6 is 11.3 Å². The Kier molecular flexibility index (Phi) is 8.83. The summed E-state index contributed by atoms with van der Waals surface area (Å²) in [4.78, 5) is 40.7. The number of benzene rings is 2. The smallest absolute Gasteiger partial charge is 0.269 e. The predicted octanol–water partition coefficient (Wildman–Crippen LogP) is 4.11. The van der Waals surface area contributed by atoms with E-state index in [1.165, 1.54) is 59.7 Å². The number of rotatable bonds is 11. The first-order valence-corrected chi connectivity index (χ1v) is 11.3. The second kappa shape index (κ2) is 12.0. The number of ether oxygens (including phenoxy) is 1. The molecular weight excluding hydrogens is 461 g/mol. The van der Waals surface area contributed by atoms with E-state index in [2.05, 4.69) is 0 Å². The lowest BCUT2D eigenvalue weighted by Crippen LogP contribution is -2.43. The number of amides is 2. The van der Waals surface area contributed by atoms with Crippen molar-refractivity contribution < 1.29 is 23.6 Å². The number of carbonyl (C=O) groups excluding carboxylic acids is 2. The summed E-state index contributed by atoms with van der Waals surface area (Å²) >= 11 is 1.51. The quantitative estimate of drug-likeness (QED) is 0.301. The zero-order valence-corrected chi connectivity index (χ0v) is 19.4. The highest BCUT2D eigenvalue weighted by atomic mass is 32.1. The topological polar surface area (TPSA) is 93.0 Å². The largest absolute Gasteiger partial charge is 0.383 e.